The Morgan fingerprint density at radius 2 is 1.62 bits per heavy atom. The summed E-state index contributed by atoms with van der Waals surface area (Å²) in [7, 11) is 0. The summed E-state index contributed by atoms with van der Waals surface area (Å²) >= 11 is 0. The number of aryl methyl sites for hydroxylation is 1. The zero-order chi connectivity index (χ0) is 20.4. The standard InChI is InChI=1S/C25H30N2O2/c1-18-6-10-20(11-7-18)21-12-8-19(9-13-21)16-25(24(26)29)14-3-15-27(17-25)23(28)22-4-2-5-22/h6-13,22H,2-5,14-17H2,1H3,(H2,26,29)/t25-/m1/s1. The maximum absolute atomic E-state index is 12.7. The minimum Gasteiger partial charge on any atom is -0.369 e. The Kier molecular flexibility index (Phi) is 5.44. The lowest BCUT2D eigenvalue weighted by molar-refractivity contribution is -0.145. The topological polar surface area (TPSA) is 63.4 Å². The van der Waals surface area contributed by atoms with E-state index < -0.39 is 5.41 Å². The molecular weight excluding hydrogens is 360 g/mol. The summed E-state index contributed by atoms with van der Waals surface area (Å²) in [6.45, 7) is 3.29. The Morgan fingerprint density at radius 1 is 1.00 bits per heavy atom. The van der Waals surface area contributed by atoms with Crippen molar-refractivity contribution in [2.24, 2.45) is 17.1 Å². The zero-order valence-electron chi connectivity index (χ0n) is 17.2. The largest absolute Gasteiger partial charge is 0.369 e. The van der Waals surface area contributed by atoms with E-state index in [9.17, 15) is 9.59 Å². The number of piperidine rings is 1. The fourth-order valence-electron chi connectivity index (χ4n) is 4.62. The molecule has 0 radical (unpaired) electrons. The van der Waals surface area contributed by atoms with Gasteiger partial charge in [-0.3, -0.25) is 9.59 Å². The number of carbonyl (C=O) groups excluding carboxylic acids is 2. The first-order valence-corrected chi connectivity index (χ1v) is 10.7. The summed E-state index contributed by atoms with van der Waals surface area (Å²) in [5, 5.41) is 0. The Labute approximate surface area is 173 Å². The highest BCUT2D eigenvalue weighted by Gasteiger charge is 2.43. The molecule has 29 heavy (non-hydrogen) atoms. The van der Waals surface area contributed by atoms with Gasteiger partial charge < -0.3 is 10.6 Å². The summed E-state index contributed by atoms with van der Waals surface area (Å²) in [5.74, 6) is 0.0926. The van der Waals surface area contributed by atoms with Crippen molar-refractivity contribution in [3.8, 4) is 11.1 Å². The zero-order valence-corrected chi connectivity index (χ0v) is 17.2. The van der Waals surface area contributed by atoms with E-state index in [0.29, 0.717) is 13.0 Å². The van der Waals surface area contributed by atoms with E-state index in [1.165, 1.54) is 11.1 Å². The molecule has 0 unspecified atom stereocenters. The molecule has 2 amide bonds. The number of carbonyl (C=O) groups is 2. The molecule has 2 aromatic rings. The van der Waals surface area contributed by atoms with E-state index in [1.54, 1.807) is 0 Å². The van der Waals surface area contributed by atoms with Crippen molar-refractivity contribution in [1.29, 1.82) is 0 Å². The Balaban J connectivity index is 1.51. The second-order valence-electron chi connectivity index (χ2n) is 8.88. The molecule has 1 heterocycles. The third kappa shape index (κ3) is 4.07. The van der Waals surface area contributed by atoms with E-state index in [2.05, 4.69) is 55.5 Å². The molecule has 0 bridgehead atoms. The highest BCUT2D eigenvalue weighted by Crippen LogP contribution is 2.37. The fourth-order valence-corrected chi connectivity index (χ4v) is 4.62. The monoisotopic (exact) mass is 390 g/mol. The number of hydrogen-bond donors (Lipinski definition) is 1. The fraction of sp³-hybridized carbons (Fsp3) is 0.440. The molecule has 2 aliphatic rings. The lowest BCUT2D eigenvalue weighted by Gasteiger charge is -2.43. The summed E-state index contributed by atoms with van der Waals surface area (Å²) in [4.78, 5) is 27.2. The van der Waals surface area contributed by atoms with Crippen LogP contribution in [0.5, 0.6) is 0 Å². The summed E-state index contributed by atoms with van der Waals surface area (Å²) < 4.78 is 0. The number of nitrogens with zero attached hydrogens (tertiary/aromatic N) is 1. The van der Waals surface area contributed by atoms with Gasteiger partial charge in [0.25, 0.3) is 0 Å². The maximum atomic E-state index is 12.7. The van der Waals surface area contributed by atoms with Crippen molar-refractivity contribution in [3.05, 3.63) is 59.7 Å². The van der Waals surface area contributed by atoms with Crippen molar-refractivity contribution >= 4 is 11.8 Å². The van der Waals surface area contributed by atoms with Crippen molar-refractivity contribution in [1.82, 2.24) is 4.90 Å². The van der Waals surface area contributed by atoms with Gasteiger partial charge in [0, 0.05) is 19.0 Å². The quantitative estimate of drug-likeness (QED) is 0.835. The Morgan fingerprint density at radius 3 is 2.17 bits per heavy atom. The predicted molar refractivity (Wildman–Crippen MR) is 115 cm³/mol. The van der Waals surface area contributed by atoms with Gasteiger partial charge in [-0.05, 0) is 55.7 Å². The second-order valence-corrected chi connectivity index (χ2v) is 8.88. The van der Waals surface area contributed by atoms with Crippen LogP contribution in [-0.2, 0) is 16.0 Å². The molecule has 152 valence electrons. The molecule has 1 aliphatic heterocycles. The summed E-state index contributed by atoms with van der Waals surface area (Å²) in [6.07, 6.45) is 5.28. The Hall–Kier alpha value is -2.62. The first kappa shape index (κ1) is 19.7. The number of likely N-dealkylation sites (tertiary alicyclic amines) is 1. The molecule has 2 aromatic carbocycles. The molecule has 4 nitrogen and oxygen atoms in total. The number of nitrogens with two attached hydrogens (primary N) is 1. The van der Waals surface area contributed by atoms with Gasteiger partial charge in [0.2, 0.25) is 11.8 Å². The molecule has 4 heteroatoms. The first-order valence-electron chi connectivity index (χ1n) is 10.7. The highest BCUT2D eigenvalue weighted by atomic mass is 16.2. The normalized spacial score (nSPS) is 22.2. The van der Waals surface area contributed by atoms with Crippen LogP contribution in [0.25, 0.3) is 11.1 Å². The molecular formula is C25H30N2O2. The lowest BCUT2D eigenvalue weighted by Crippen LogP contribution is -2.54. The third-order valence-corrected chi connectivity index (χ3v) is 6.75. The van der Waals surface area contributed by atoms with Crippen LogP contribution >= 0.6 is 0 Å². The smallest absolute Gasteiger partial charge is 0.225 e. The summed E-state index contributed by atoms with van der Waals surface area (Å²) in [5.41, 5.74) is 9.91. The molecule has 1 saturated heterocycles. The second kappa shape index (κ2) is 8.02. The van der Waals surface area contributed by atoms with Gasteiger partial charge in [-0.2, -0.15) is 0 Å². The van der Waals surface area contributed by atoms with Crippen LogP contribution < -0.4 is 5.73 Å². The maximum Gasteiger partial charge on any atom is 0.225 e. The number of primary amides is 1. The lowest BCUT2D eigenvalue weighted by atomic mass is 9.73. The van der Waals surface area contributed by atoms with Crippen LogP contribution in [0.3, 0.4) is 0 Å². The minimum atomic E-state index is -0.664. The molecule has 0 spiro atoms. The van der Waals surface area contributed by atoms with Crippen LogP contribution in [0.15, 0.2) is 48.5 Å². The minimum absolute atomic E-state index is 0.160. The highest BCUT2D eigenvalue weighted by molar-refractivity contribution is 5.84. The average molecular weight is 391 g/mol. The predicted octanol–water partition coefficient (Wildman–Crippen LogP) is 4.10. The van der Waals surface area contributed by atoms with Gasteiger partial charge in [0.15, 0.2) is 0 Å². The van der Waals surface area contributed by atoms with E-state index in [4.69, 9.17) is 5.73 Å². The van der Waals surface area contributed by atoms with Gasteiger partial charge in [-0.1, -0.05) is 60.5 Å². The van der Waals surface area contributed by atoms with E-state index in [0.717, 1.165) is 49.8 Å². The van der Waals surface area contributed by atoms with Gasteiger partial charge >= 0.3 is 0 Å². The first-order chi connectivity index (χ1) is 14.0. The van der Waals surface area contributed by atoms with Gasteiger partial charge in [0.1, 0.15) is 0 Å². The number of rotatable bonds is 5. The van der Waals surface area contributed by atoms with Crippen LogP contribution in [0.1, 0.15) is 43.2 Å². The van der Waals surface area contributed by atoms with Crippen molar-refractivity contribution in [2.75, 3.05) is 13.1 Å². The summed E-state index contributed by atoms with van der Waals surface area (Å²) in [6, 6.07) is 16.9. The van der Waals surface area contributed by atoms with Gasteiger partial charge in [0.05, 0.1) is 5.41 Å². The molecule has 2 fully saturated rings. The van der Waals surface area contributed by atoms with Crippen LogP contribution in [0.4, 0.5) is 0 Å². The molecule has 1 atom stereocenters. The van der Waals surface area contributed by atoms with E-state index in [1.807, 2.05) is 4.90 Å². The Bertz CT molecular complexity index is 884. The molecule has 2 N–H and O–H groups in total. The SMILES string of the molecule is Cc1ccc(-c2ccc(C[C@]3(C(N)=O)CCCN(C(=O)C4CCC4)C3)cc2)cc1. The van der Waals surface area contributed by atoms with Crippen LogP contribution in [0.2, 0.25) is 0 Å². The van der Waals surface area contributed by atoms with Crippen LogP contribution in [0, 0.1) is 18.3 Å². The average Bonchev–Trinajstić information content (AvgIpc) is 2.68. The molecule has 4 rings (SSSR count). The van der Waals surface area contributed by atoms with Crippen molar-refractivity contribution < 1.29 is 9.59 Å². The molecule has 1 saturated carbocycles. The number of hydrogen-bond acceptors (Lipinski definition) is 2. The van der Waals surface area contributed by atoms with Gasteiger partial charge in [-0.25, -0.2) is 0 Å². The molecule has 0 aromatic heterocycles. The third-order valence-electron chi connectivity index (χ3n) is 6.75. The molecule has 1 aliphatic carbocycles. The van der Waals surface area contributed by atoms with E-state index >= 15 is 0 Å². The van der Waals surface area contributed by atoms with Crippen molar-refractivity contribution in [3.63, 3.8) is 0 Å². The number of benzene rings is 2. The number of amides is 2. The van der Waals surface area contributed by atoms with Crippen LogP contribution in [-0.4, -0.2) is 29.8 Å². The van der Waals surface area contributed by atoms with Crippen molar-refractivity contribution in [2.45, 2.75) is 45.4 Å². The van der Waals surface area contributed by atoms with Gasteiger partial charge in [-0.15, -0.1) is 0 Å². The van der Waals surface area contributed by atoms with E-state index in [-0.39, 0.29) is 17.7 Å².